The molecule has 4 aliphatic carbocycles. The van der Waals surface area contributed by atoms with Crippen LogP contribution in [0.15, 0.2) is 48.9 Å². The molecule has 2 N–H and O–H groups in total. The van der Waals surface area contributed by atoms with Crippen molar-refractivity contribution in [3.63, 3.8) is 0 Å². The predicted octanol–water partition coefficient (Wildman–Crippen LogP) is 8.49. The van der Waals surface area contributed by atoms with Crippen LogP contribution in [0.25, 0.3) is 11.1 Å². The van der Waals surface area contributed by atoms with Crippen molar-refractivity contribution in [1.82, 2.24) is 19.7 Å². The molecule has 3 heterocycles. The van der Waals surface area contributed by atoms with Gasteiger partial charge in [-0.1, -0.05) is 38.3 Å². The van der Waals surface area contributed by atoms with Gasteiger partial charge < -0.3 is 14.9 Å². The Morgan fingerprint density at radius 3 is 2.38 bits per heavy atom. The van der Waals surface area contributed by atoms with E-state index in [9.17, 15) is 19.8 Å². The zero-order valence-corrected chi connectivity index (χ0v) is 32.4. The molecular formula is C43H59N5O5. The molecule has 10 nitrogen and oxygen atoms in total. The number of likely N-dealkylation sites (tertiary alicyclic amines) is 1. The number of hydrogen-bond acceptors (Lipinski definition) is 6. The smallest absolute Gasteiger partial charge is 0.407 e. The van der Waals surface area contributed by atoms with Gasteiger partial charge in [0.2, 0.25) is 5.91 Å². The summed E-state index contributed by atoms with van der Waals surface area (Å²) in [6, 6.07) is 10.4. The highest BCUT2D eigenvalue weighted by Gasteiger charge is 2.52. The predicted molar refractivity (Wildman–Crippen MR) is 206 cm³/mol. The number of aryl methyl sites for hydroxylation is 1. The number of pyridine rings is 1. The summed E-state index contributed by atoms with van der Waals surface area (Å²) in [5.74, 6) is 1.94. The van der Waals surface area contributed by atoms with Crippen molar-refractivity contribution in [2.45, 2.75) is 140 Å². The molecule has 3 unspecified atom stereocenters. The third-order valence-electron chi connectivity index (χ3n) is 14.2. The molecule has 1 aromatic carbocycles. The lowest BCUT2D eigenvalue weighted by molar-refractivity contribution is -0.128. The fourth-order valence-electron chi connectivity index (χ4n) is 10.2. The summed E-state index contributed by atoms with van der Waals surface area (Å²) in [5.41, 5.74) is 3.45. The monoisotopic (exact) mass is 725 g/mol. The van der Waals surface area contributed by atoms with Crippen molar-refractivity contribution in [3.8, 4) is 16.9 Å². The molecule has 8 rings (SSSR count). The van der Waals surface area contributed by atoms with Crippen molar-refractivity contribution in [1.29, 1.82) is 0 Å². The van der Waals surface area contributed by atoms with Crippen LogP contribution in [0.2, 0.25) is 0 Å². The lowest BCUT2D eigenvalue weighted by atomic mass is 9.51. The van der Waals surface area contributed by atoms with Crippen LogP contribution in [-0.4, -0.2) is 73.7 Å². The van der Waals surface area contributed by atoms with E-state index in [0.29, 0.717) is 19.4 Å². The number of rotatable bonds is 12. The highest BCUT2D eigenvalue weighted by atomic mass is 16.5. The summed E-state index contributed by atoms with van der Waals surface area (Å²) in [4.78, 5) is 34.5. The Morgan fingerprint density at radius 2 is 1.75 bits per heavy atom. The second-order valence-electron chi connectivity index (χ2n) is 17.5. The number of ether oxygens (including phenoxy) is 1. The van der Waals surface area contributed by atoms with Gasteiger partial charge in [0.05, 0.1) is 37.0 Å². The van der Waals surface area contributed by atoms with E-state index >= 15 is 0 Å². The summed E-state index contributed by atoms with van der Waals surface area (Å²) < 4.78 is 7.55. The first-order valence-electron chi connectivity index (χ1n) is 20.0. The molecule has 3 aromatic rings. The maximum atomic E-state index is 14.5. The SMILES string of the molecule is CCC(C)(CCC1N(C(=O)O)CC1(C)O)n1cc(-c2ccnc(N(CC34CCC(c5ccc(OC)c(C)c5)(CC3)CC4)C(=O)C3CCCCC3)c2)cn1. The van der Waals surface area contributed by atoms with Crippen molar-refractivity contribution in [2.24, 2.45) is 11.3 Å². The molecule has 5 aliphatic rings. The second-order valence-corrected chi connectivity index (χ2v) is 17.5. The molecule has 5 fully saturated rings. The fraction of sp³-hybridized carbons (Fsp3) is 0.628. The van der Waals surface area contributed by atoms with Gasteiger partial charge in [0.1, 0.15) is 11.6 Å². The minimum atomic E-state index is -1.02. The summed E-state index contributed by atoms with van der Waals surface area (Å²) in [7, 11) is 1.74. The molecule has 286 valence electrons. The Labute approximate surface area is 314 Å². The molecule has 0 radical (unpaired) electrons. The molecule has 4 saturated carbocycles. The number of carbonyl (C=O) groups excluding carboxylic acids is 1. The van der Waals surface area contributed by atoms with Crippen molar-refractivity contribution < 1.29 is 24.5 Å². The lowest BCUT2D eigenvalue weighted by Gasteiger charge is -2.55. The van der Waals surface area contributed by atoms with Gasteiger partial charge in [-0.25, -0.2) is 9.78 Å². The van der Waals surface area contributed by atoms with Crippen LogP contribution in [0.1, 0.15) is 122 Å². The number of β-amino-alcohol motifs (C(OH)–C–C–N with tert-alkyl or cyclic N) is 1. The molecule has 2 aromatic heterocycles. The highest BCUT2D eigenvalue weighted by Crippen LogP contribution is 2.58. The molecule has 1 saturated heterocycles. The Balaban J connectivity index is 1.11. The molecule has 1 aliphatic heterocycles. The summed E-state index contributed by atoms with van der Waals surface area (Å²) in [6.45, 7) is 8.96. The highest BCUT2D eigenvalue weighted by molar-refractivity contribution is 5.95. The minimum absolute atomic E-state index is 0.0423. The molecule has 53 heavy (non-hydrogen) atoms. The van der Waals surface area contributed by atoms with Crippen LogP contribution >= 0.6 is 0 Å². The number of hydrogen-bond donors (Lipinski definition) is 2. The van der Waals surface area contributed by atoms with Gasteiger partial charge in [-0.05, 0) is 137 Å². The zero-order valence-electron chi connectivity index (χ0n) is 32.4. The first kappa shape index (κ1) is 37.4. The summed E-state index contributed by atoms with van der Waals surface area (Å²) >= 11 is 0. The minimum Gasteiger partial charge on any atom is -0.496 e. The number of carbonyl (C=O) groups is 2. The van der Waals surface area contributed by atoms with Crippen LogP contribution < -0.4 is 9.64 Å². The van der Waals surface area contributed by atoms with Crippen LogP contribution in [0.4, 0.5) is 10.6 Å². The van der Waals surface area contributed by atoms with Crippen LogP contribution in [0, 0.1) is 18.3 Å². The van der Waals surface area contributed by atoms with Gasteiger partial charge in [-0.3, -0.25) is 19.3 Å². The Kier molecular flexibility index (Phi) is 10.1. The lowest BCUT2D eigenvalue weighted by Crippen LogP contribution is -2.69. The van der Waals surface area contributed by atoms with E-state index in [4.69, 9.17) is 14.8 Å². The Bertz CT molecular complexity index is 1790. The number of amides is 2. The largest absolute Gasteiger partial charge is 0.496 e. The summed E-state index contributed by atoms with van der Waals surface area (Å²) in [6.07, 6.45) is 18.8. The molecular weight excluding hydrogens is 667 g/mol. The molecule has 2 bridgehead atoms. The third kappa shape index (κ3) is 7.08. The molecule has 2 amide bonds. The summed E-state index contributed by atoms with van der Waals surface area (Å²) in [5, 5.41) is 25.2. The van der Waals surface area contributed by atoms with E-state index in [2.05, 4.69) is 56.1 Å². The fourth-order valence-corrected chi connectivity index (χ4v) is 10.2. The number of fused-ring (bicyclic) bond motifs is 3. The number of carboxylic acid groups (broad SMARTS) is 1. The number of anilines is 1. The van der Waals surface area contributed by atoms with Gasteiger partial charge in [0, 0.05) is 30.4 Å². The van der Waals surface area contributed by atoms with E-state index in [1.165, 1.54) is 22.4 Å². The molecule has 3 atom stereocenters. The average molecular weight is 726 g/mol. The Hall–Kier alpha value is -3.92. The maximum absolute atomic E-state index is 14.5. The number of benzene rings is 1. The van der Waals surface area contributed by atoms with E-state index in [-0.39, 0.29) is 34.7 Å². The van der Waals surface area contributed by atoms with Crippen LogP contribution in [0.3, 0.4) is 0 Å². The van der Waals surface area contributed by atoms with E-state index in [0.717, 1.165) is 93.3 Å². The topological polar surface area (TPSA) is 121 Å². The molecule has 10 heteroatoms. The number of aliphatic hydroxyl groups is 1. The van der Waals surface area contributed by atoms with Gasteiger partial charge in [-0.15, -0.1) is 0 Å². The second kappa shape index (κ2) is 14.4. The number of nitrogens with zero attached hydrogens (tertiary/aromatic N) is 5. The normalized spacial score (nSPS) is 28.3. The van der Waals surface area contributed by atoms with E-state index in [1.54, 1.807) is 14.0 Å². The van der Waals surface area contributed by atoms with Gasteiger partial charge in [0.15, 0.2) is 0 Å². The van der Waals surface area contributed by atoms with E-state index in [1.807, 2.05) is 23.1 Å². The van der Waals surface area contributed by atoms with Crippen molar-refractivity contribution >= 4 is 17.8 Å². The standard InChI is InChI=1S/C43H59N5O5/c1-6-40(3,16-14-36-41(4,52)28-46(36)39(50)51)48-27-33(26-45-48)32-15-23-44-37(25-32)47(38(49)31-10-8-7-9-11-31)29-42-17-20-43(21-18-42,22-19-42)34-12-13-35(53-5)30(2)24-34/h12-13,15,23-27,31,36,52H,6-11,14,16-22,28-29H2,1-5H3,(H,50,51). The first-order chi connectivity index (χ1) is 25.3. The quantitative estimate of drug-likeness (QED) is 0.192. The van der Waals surface area contributed by atoms with Crippen molar-refractivity contribution in [2.75, 3.05) is 25.1 Å². The first-order valence-corrected chi connectivity index (χ1v) is 20.0. The van der Waals surface area contributed by atoms with E-state index < -0.39 is 17.7 Å². The maximum Gasteiger partial charge on any atom is 0.407 e. The van der Waals surface area contributed by atoms with Crippen LogP contribution in [-0.2, 0) is 15.7 Å². The van der Waals surface area contributed by atoms with Crippen molar-refractivity contribution in [3.05, 3.63) is 60.0 Å². The number of aromatic nitrogens is 3. The number of methoxy groups -OCH3 is 1. The van der Waals surface area contributed by atoms with Crippen LogP contribution in [0.5, 0.6) is 5.75 Å². The van der Waals surface area contributed by atoms with Gasteiger partial charge in [-0.2, -0.15) is 5.10 Å². The third-order valence-corrected chi connectivity index (χ3v) is 14.2. The zero-order chi connectivity index (χ0) is 37.6. The average Bonchev–Trinajstić information content (AvgIpc) is 3.68. The van der Waals surface area contributed by atoms with Gasteiger partial charge >= 0.3 is 6.09 Å². The van der Waals surface area contributed by atoms with Gasteiger partial charge in [0.25, 0.3) is 0 Å². The molecule has 0 spiro atoms. The Morgan fingerprint density at radius 1 is 1.04 bits per heavy atom.